The number of nitrogens with zero attached hydrogens (tertiary/aromatic N) is 6. The van der Waals surface area contributed by atoms with Crippen molar-refractivity contribution in [1.29, 1.82) is 0 Å². The number of para-hydroxylation sites is 1. The summed E-state index contributed by atoms with van der Waals surface area (Å²) in [4.78, 5) is 46.9. The van der Waals surface area contributed by atoms with Gasteiger partial charge in [-0.15, -0.1) is 5.10 Å². The first-order chi connectivity index (χ1) is 18.3. The highest BCUT2D eigenvalue weighted by Crippen LogP contribution is 2.57. The third-order valence-corrected chi connectivity index (χ3v) is 8.58. The molecule has 6 rings (SSSR count). The van der Waals surface area contributed by atoms with Crippen LogP contribution in [0.1, 0.15) is 20.3 Å². The summed E-state index contributed by atoms with van der Waals surface area (Å²) in [6.45, 7) is 4.19. The zero-order valence-corrected chi connectivity index (χ0v) is 21.7. The molecule has 1 N–H and O–H groups in total. The highest BCUT2D eigenvalue weighted by Gasteiger charge is 2.75. The number of hydrogen-bond acceptors (Lipinski definition) is 7. The average Bonchev–Trinajstić information content (AvgIpc) is 3.44. The molecule has 2 aromatic rings. The Kier molecular flexibility index (Phi) is 5.69. The smallest absolute Gasteiger partial charge is 0.250 e. The lowest BCUT2D eigenvalue weighted by molar-refractivity contribution is -0.156. The van der Waals surface area contributed by atoms with Gasteiger partial charge in [-0.3, -0.25) is 14.4 Å². The second-order valence-electron chi connectivity index (χ2n) is 10.8. The van der Waals surface area contributed by atoms with Gasteiger partial charge in [0, 0.05) is 20.1 Å². The maximum absolute atomic E-state index is 14.4. The Morgan fingerprint density at radius 3 is 2.61 bits per heavy atom. The number of ether oxygens (including phenoxy) is 1. The molecule has 0 saturated carbocycles. The molecular formula is C27H32N6O5. The fraction of sp³-hybridized carbons (Fsp3) is 0.519. The Labute approximate surface area is 220 Å². The van der Waals surface area contributed by atoms with E-state index in [-0.39, 0.29) is 37.5 Å². The Morgan fingerprint density at radius 1 is 1.08 bits per heavy atom. The second-order valence-corrected chi connectivity index (χ2v) is 10.8. The monoisotopic (exact) mass is 520 g/mol. The number of aliphatic hydroxyl groups excluding tert-OH is 1. The number of amides is 3. The number of carbonyl (C=O) groups excluding carboxylic acids is 3. The fourth-order valence-corrected chi connectivity index (χ4v) is 6.75. The molecule has 11 nitrogen and oxygen atoms in total. The maximum Gasteiger partial charge on any atom is 0.250 e. The van der Waals surface area contributed by atoms with Gasteiger partial charge in [0.05, 0.1) is 35.6 Å². The van der Waals surface area contributed by atoms with Crippen molar-refractivity contribution in [3.8, 4) is 0 Å². The molecule has 38 heavy (non-hydrogen) atoms. The minimum absolute atomic E-state index is 0.126. The normalized spacial score (nSPS) is 33.4. The first-order valence-electron chi connectivity index (χ1n) is 13.1. The number of aliphatic hydroxyl groups is 1. The van der Waals surface area contributed by atoms with Gasteiger partial charge in [0.1, 0.15) is 23.8 Å². The summed E-state index contributed by atoms with van der Waals surface area (Å²) in [6, 6.07) is 5.86. The number of benzene rings is 1. The zero-order valence-electron chi connectivity index (χ0n) is 21.7. The van der Waals surface area contributed by atoms with Gasteiger partial charge in [-0.05, 0) is 25.5 Å². The van der Waals surface area contributed by atoms with E-state index in [1.54, 1.807) is 21.5 Å². The van der Waals surface area contributed by atoms with Crippen LogP contribution in [0, 0.1) is 11.8 Å². The first kappa shape index (κ1) is 24.7. The molecule has 4 aliphatic rings. The van der Waals surface area contributed by atoms with E-state index in [0.29, 0.717) is 18.5 Å². The zero-order chi connectivity index (χ0) is 26.8. The molecule has 1 unspecified atom stereocenters. The van der Waals surface area contributed by atoms with E-state index >= 15 is 0 Å². The maximum atomic E-state index is 14.4. The molecular weight excluding hydrogens is 488 g/mol. The van der Waals surface area contributed by atoms with Crippen LogP contribution in [-0.4, -0.2) is 103 Å². The van der Waals surface area contributed by atoms with Crippen LogP contribution in [0.5, 0.6) is 0 Å². The molecule has 1 aromatic heterocycles. The third-order valence-electron chi connectivity index (χ3n) is 8.58. The van der Waals surface area contributed by atoms with Crippen LogP contribution in [0.25, 0.3) is 11.0 Å². The van der Waals surface area contributed by atoms with Gasteiger partial charge in [0.2, 0.25) is 11.8 Å². The lowest BCUT2D eigenvalue weighted by Crippen LogP contribution is -2.58. The quantitative estimate of drug-likeness (QED) is 0.572. The van der Waals surface area contributed by atoms with Crippen molar-refractivity contribution in [1.82, 2.24) is 29.7 Å². The summed E-state index contributed by atoms with van der Waals surface area (Å²) < 4.78 is 8.42. The minimum Gasteiger partial charge on any atom is -0.394 e. The van der Waals surface area contributed by atoms with Crippen LogP contribution in [0.4, 0.5) is 0 Å². The van der Waals surface area contributed by atoms with Crippen LogP contribution >= 0.6 is 0 Å². The van der Waals surface area contributed by atoms with Crippen LogP contribution in [0.15, 0.2) is 48.6 Å². The number of aromatic nitrogens is 3. The third kappa shape index (κ3) is 3.31. The predicted molar refractivity (Wildman–Crippen MR) is 136 cm³/mol. The molecule has 11 heteroatoms. The van der Waals surface area contributed by atoms with Gasteiger partial charge in [-0.1, -0.05) is 48.6 Å². The van der Waals surface area contributed by atoms with Gasteiger partial charge in [0.25, 0.3) is 5.91 Å². The summed E-state index contributed by atoms with van der Waals surface area (Å²) in [5, 5.41) is 18.7. The van der Waals surface area contributed by atoms with E-state index in [9.17, 15) is 19.5 Å². The summed E-state index contributed by atoms with van der Waals surface area (Å²) >= 11 is 0. The van der Waals surface area contributed by atoms with Crippen LogP contribution in [-0.2, 0) is 25.8 Å². The van der Waals surface area contributed by atoms with E-state index in [1.165, 1.54) is 4.90 Å². The van der Waals surface area contributed by atoms with Gasteiger partial charge in [0.15, 0.2) is 0 Å². The number of hydrogen-bond donors (Lipinski definition) is 1. The van der Waals surface area contributed by atoms with Crippen LogP contribution in [0.2, 0.25) is 0 Å². The van der Waals surface area contributed by atoms with Crippen molar-refractivity contribution >= 4 is 28.8 Å². The number of likely N-dealkylation sites (tertiary alicyclic amines) is 1. The molecule has 0 aliphatic carbocycles. The molecule has 6 atom stereocenters. The molecule has 3 amide bonds. The number of rotatable bonds is 5. The largest absolute Gasteiger partial charge is 0.394 e. The van der Waals surface area contributed by atoms with Crippen molar-refractivity contribution in [2.75, 3.05) is 26.7 Å². The van der Waals surface area contributed by atoms with Crippen molar-refractivity contribution in [3.63, 3.8) is 0 Å². The number of fused-ring (bicyclic) bond motifs is 3. The number of likely N-dealkylation sites (N-methyl/N-ethyl adjacent to an activating group) is 1. The molecule has 2 fully saturated rings. The lowest BCUT2D eigenvalue weighted by atomic mass is 9.74. The average molecular weight is 521 g/mol. The summed E-state index contributed by atoms with van der Waals surface area (Å²) in [5.74, 6) is -2.55. The molecule has 2 saturated heterocycles. The van der Waals surface area contributed by atoms with Gasteiger partial charge in [-0.2, -0.15) is 0 Å². The van der Waals surface area contributed by atoms with E-state index in [0.717, 1.165) is 5.52 Å². The molecule has 1 aromatic carbocycles. The van der Waals surface area contributed by atoms with Gasteiger partial charge >= 0.3 is 0 Å². The molecule has 1 spiro atoms. The minimum atomic E-state index is -1.35. The van der Waals surface area contributed by atoms with Crippen LogP contribution < -0.4 is 0 Å². The second kappa shape index (κ2) is 8.74. The van der Waals surface area contributed by atoms with E-state index in [2.05, 4.69) is 10.3 Å². The number of carbonyl (C=O) groups is 3. The van der Waals surface area contributed by atoms with Gasteiger partial charge in [-0.25, -0.2) is 4.68 Å². The molecule has 0 radical (unpaired) electrons. The van der Waals surface area contributed by atoms with Gasteiger partial charge < -0.3 is 24.5 Å². The lowest BCUT2D eigenvalue weighted by Gasteiger charge is -2.39. The topological polar surface area (TPSA) is 121 Å². The molecule has 5 heterocycles. The van der Waals surface area contributed by atoms with E-state index in [4.69, 9.17) is 4.74 Å². The fourth-order valence-electron chi connectivity index (χ4n) is 6.75. The highest BCUT2D eigenvalue weighted by atomic mass is 16.5. The molecule has 0 bridgehead atoms. The van der Waals surface area contributed by atoms with Crippen molar-refractivity contribution in [3.05, 3.63) is 48.6 Å². The summed E-state index contributed by atoms with van der Waals surface area (Å²) in [6.07, 6.45) is 7.82. The Hall–Kier alpha value is -3.57. The molecule has 200 valence electrons. The Bertz CT molecular complexity index is 1370. The van der Waals surface area contributed by atoms with E-state index in [1.807, 2.05) is 62.4 Å². The summed E-state index contributed by atoms with van der Waals surface area (Å²) in [7, 11) is 1.71. The Morgan fingerprint density at radius 2 is 1.84 bits per heavy atom. The summed E-state index contributed by atoms with van der Waals surface area (Å²) in [5.41, 5.74) is -0.913. The Balaban J connectivity index is 1.46. The standard InChI is InChI=1S/C27H32N6O5/c1-4-17(15-34)33-22-25(37)31(16-32-19-10-6-5-9-18(19)28-29-32)14-8-12-27(22)21(24(33)36)20-23(35)30(3)13-7-11-26(20,2)38-27/h5-12,17,20-22,34H,4,13-16H2,1-3H3/t17-,20+,21-,22?,26-,27-/m0/s1. The van der Waals surface area contributed by atoms with Crippen molar-refractivity contribution in [2.24, 2.45) is 11.8 Å². The highest BCUT2D eigenvalue weighted by molar-refractivity contribution is 6.00. The van der Waals surface area contributed by atoms with E-state index < -0.39 is 35.1 Å². The van der Waals surface area contributed by atoms with Crippen molar-refractivity contribution < 1.29 is 24.2 Å². The SMILES string of the molecule is CC[C@@H](CO)N1C(=O)[C@@H]2[C@@H]3C(=O)N(C)CC=C[C@]3(C)O[C@@]23C=CCN(Cn2nnc4ccccc42)C(=O)C13. The van der Waals surface area contributed by atoms with Crippen LogP contribution in [0.3, 0.4) is 0 Å². The first-order valence-corrected chi connectivity index (χ1v) is 13.1. The molecule has 4 aliphatic heterocycles. The predicted octanol–water partition coefficient (Wildman–Crippen LogP) is 0.557. The van der Waals surface area contributed by atoms with Crippen molar-refractivity contribution in [2.45, 2.75) is 50.2 Å².